The average molecular weight is 406 g/mol. The van der Waals surface area contributed by atoms with Crippen LogP contribution in [0.2, 0.25) is 0 Å². The number of carbonyl (C=O) groups is 1. The van der Waals surface area contributed by atoms with E-state index in [2.05, 4.69) is 10.0 Å². The van der Waals surface area contributed by atoms with Crippen LogP contribution in [-0.2, 0) is 14.8 Å². The number of hydrogen-bond donors (Lipinski definition) is 2. The average Bonchev–Trinajstić information content (AvgIpc) is 3.14. The van der Waals surface area contributed by atoms with E-state index in [-0.39, 0.29) is 30.7 Å². The van der Waals surface area contributed by atoms with E-state index in [0.717, 1.165) is 6.42 Å². The van der Waals surface area contributed by atoms with Crippen LogP contribution in [0, 0.1) is 0 Å². The summed E-state index contributed by atoms with van der Waals surface area (Å²) in [6, 6.07) is 11.2. The van der Waals surface area contributed by atoms with Gasteiger partial charge in [0.25, 0.3) is 0 Å². The third kappa shape index (κ3) is 5.14. The molecule has 0 saturated carbocycles. The molecule has 8 nitrogen and oxygen atoms in total. The number of amides is 1. The molecule has 1 amide bonds. The number of sulfonamides is 1. The molecule has 0 saturated heterocycles. The minimum Gasteiger partial charge on any atom is -0.492 e. The number of nitrogens with one attached hydrogen (secondary N) is 2. The van der Waals surface area contributed by atoms with Gasteiger partial charge in [0.2, 0.25) is 22.7 Å². The van der Waals surface area contributed by atoms with Gasteiger partial charge in [-0.25, -0.2) is 13.1 Å². The minimum atomic E-state index is -3.67. The van der Waals surface area contributed by atoms with Crippen LogP contribution in [0.1, 0.15) is 19.8 Å². The summed E-state index contributed by atoms with van der Waals surface area (Å²) in [4.78, 5) is 11.7. The zero-order chi connectivity index (χ0) is 20.0. The van der Waals surface area contributed by atoms with Gasteiger partial charge in [0.05, 0.1) is 4.90 Å². The molecule has 150 valence electrons. The van der Waals surface area contributed by atoms with Crippen molar-refractivity contribution in [3.05, 3.63) is 42.5 Å². The molecule has 2 aromatic carbocycles. The first-order valence-corrected chi connectivity index (χ1v) is 10.4. The van der Waals surface area contributed by atoms with Crippen LogP contribution >= 0.6 is 0 Å². The highest BCUT2D eigenvalue weighted by atomic mass is 32.2. The maximum atomic E-state index is 12.3. The summed E-state index contributed by atoms with van der Waals surface area (Å²) in [6.45, 7) is 2.35. The maximum Gasteiger partial charge on any atom is 0.240 e. The molecule has 0 spiro atoms. The van der Waals surface area contributed by atoms with Gasteiger partial charge in [0.1, 0.15) is 12.4 Å². The Labute approximate surface area is 163 Å². The largest absolute Gasteiger partial charge is 0.492 e. The Hall–Kier alpha value is -2.78. The van der Waals surface area contributed by atoms with E-state index < -0.39 is 10.0 Å². The molecule has 0 aliphatic carbocycles. The predicted molar refractivity (Wildman–Crippen MR) is 103 cm³/mol. The van der Waals surface area contributed by atoms with Crippen molar-refractivity contribution < 1.29 is 27.4 Å². The topological polar surface area (TPSA) is 103 Å². The van der Waals surface area contributed by atoms with Crippen LogP contribution in [0.25, 0.3) is 0 Å². The van der Waals surface area contributed by atoms with Crippen LogP contribution in [-0.4, -0.2) is 34.3 Å². The van der Waals surface area contributed by atoms with Crippen molar-refractivity contribution in [1.29, 1.82) is 0 Å². The standard InChI is InChI=1S/C19H22N2O6S/c1-2-3-19(22)21-14-4-7-16(8-5-14)28(23,24)20-10-11-25-15-6-9-17-18(12-15)27-13-26-17/h4-9,12,20H,2-3,10-11,13H2,1H3,(H,21,22). The van der Waals surface area contributed by atoms with E-state index >= 15 is 0 Å². The molecule has 0 radical (unpaired) electrons. The van der Waals surface area contributed by atoms with Crippen molar-refractivity contribution >= 4 is 21.6 Å². The zero-order valence-electron chi connectivity index (χ0n) is 15.4. The van der Waals surface area contributed by atoms with Crippen molar-refractivity contribution in [1.82, 2.24) is 4.72 Å². The second kappa shape index (κ2) is 8.94. The second-order valence-electron chi connectivity index (χ2n) is 6.08. The van der Waals surface area contributed by atoms with E-state index in [9.17, 15) is 13.2 Å². The van der Waals surface area contributed by atoms with Crippen molar-refractivity contribution in [2.75, 3.05) is 25.3 Å². The Morgan fingerprint density at radius 3 is 2.61 bits per heavy atom. The molecule has 0 bridgehead atoms. The highest BCUT2D eigenvalue weighted by Crippen LogP contribution is 2.34. The summed E-state index contributed by atoms with van der Waals surface area (Å²) < 4.78 is 43.2. The molecule has 0 fully saturated rings. The number of ether oxygens (including phenoxy) is 3. The van der Waals surface area contributed by atoms with Crippen LogP contribution in [0.4, 0.5) is 5.69 Å². The Kier molecular flexibility index (Phi) is 6.37. The minimum absolute atomic E-state index is 0.100. The van der Waals surface area contributed by atoms with E-state index in [1.54, 1.807) is 30.3 Å². The highest BCUT2D eigenvalue weighted by molar-refractivity contribution is 7.89. The third-order valence-electron chi connectivity index (χ3n) is 3.93. The molecular weight excluding hydrogens is 384 g/mol. The molecule has 9 heteroatoms. The Morgan fingerprint density at radius 2 is 1.86 bits per heavy atom. The van der Waals surface area contributed by atoms with Crippen molar-refractivity contribution in [2.24, 2.45) is 0 Å². The highest BCUT2D eigenvalue weighted by Gasteiger charge is 2.15. The number of fused-ring (bicyclic) bond motifs is 1. The maximum absolute atomic E-state index is 12.3. The molecule has 3 rings (SSSR count). The van der Waals surface area contributed by atoms with Gasteiger partial charge in [0, 0.05) is 24.7 Å². The molecule has 0 aromatic heterocycles. The van der Waals surface area contributed by atoms with Gasteiger partial charge in [0.15, 0.2) is 11.5 Å². The summed E-state index contributed by atoms with van der Waals surface area (Å²) >= 11 is 0. The lowest BCUT2D eigenvalue weighted by atomic mass is 10.3. The first-order valence-electron chi connectivity index (χ1n) is 8.90. The van der Waals surface area contributed by atoms with Gasteiger partial charge in [-0.3, -0.25) is 4.79 Å². The van der Waals surface area contributed by atoms with E-state index in [1.165, 1.54) is 12.1 Å². The first kappa shape index (κ1) is 20.0. The van der Waals surface area contributed by atoms with Gasteiger partial charge < -0.3 is 19.5 Å². The van der Waals surface area contributed by atoms with Gasteiger partial charge >= 0.3 is 0 Å². The number of carbonyl (C=O) groups excluding carboxylic acids is 1. The molecule has 28 heavy (non-hydrogen) atoms. The van der Waals surface area contributed by atoms with Crippen LogP contribution in [0.3, 0.4) is 0 Å². The number of rotatable bonds is 9. The quantitative estimate of drug-likeness (QED) is 0.621. The smallest absolute Gasteiger partial charge is 0.240 e. The summed E-state index contributed by atoms with van der Waals surface area (Å²) in [5.74, 6) is 1.72. The van der Waals surface area contributed by atoms with Crippen LogP contribution in [0.15, 0.2) is 47.4 Å². The van der Waals surface area contributed by atoms with Crippen molar-refractivity contribution in [3.63, 3.8) is 0 Å². The molecule has 0 atom stereocenters. The Bertz CT molecular complexity index is 928. The van der Waals surface area contributed by atoms with E-state index in [0.29, 0.717) is 29.4 Å². The summed E-state index contributed by atoms with van der Waals surface area (Å²) in [5.41, 5.74) is 0.559. The fourth-order valence-corrected chi connectivity index (χ4v) is 3.58. The lowest BCUT2D eigenvalue weighted by molar-refractivity contribution is -0.116. The predicted octanol–water partition coefficient (Wildman–Crippen LogP) is 2.51. The summed E-state index contributed by atoms with van der Waals surface area (Å²) in [7, 11) is -3.67. The fraction of sp³-hybridized carbons (Fsp3) is 0.316. The zero-order valence-corrected chi connectivity index (χ0v) is 16.3. The lowest BCUT2D eigenvalue weighted by Gasteiger charge is -2.10. The molecule has 2 aromatic rings. The Balaban J connectivity index is 1.49. The van der Waals surface area contributed by atoms with Gasteiger partial charge in [-0.2, -0.15) is 0 Å². The number of hydrogen-bond acceptors (Lipinski definition) is 6. The fourth-order valence-electron chi connectivity index (χ4n) is 2.56. The number of benzene rings is 2. The van der Waals surface area contributed by atoms with E-state index in [4.69, 9.17) is 14.2 Å². The number of anilines is 1. The second-order valence-corrected chi connectivity index (χ2v) is 7.85. The molecule has 1 aliphatic rings. The monoisotopic (exact) mass is 406 g/mol. The first-order chi connectivity index (χ1) is 13.5. The normalized spacial score (nSPS) is 12.6. The van der Waals surface area contributed by atoms with E-state index in [1.807, 2.05) is 6.92 Å². The van der Waals surface area contributed by atoms with Crippen LogP contribution < -0.4 is 24.2 Å². The third-order valence-corrected chi connectivity index (χ3v) is 5.41. The Morgan fingerprint density at radius 1 is 1.11 bits per heavy atom. The molecule has 2 N–H and O–H groups in total. The molecule has 1 heterocycles. The molecular formula is C19H22N2O6S. The summed E-state index contributed by atoms with van der Waals surface area (Å²) in [5, 5.41) is 2.72. The summed E-state index contributed by atoms with van der Waals surface area (Å²) in [6.07, 6.45) is 1.17. The van der Waals surface area contributed by atoms with Crippen molar-refractivity contribution in [3.8, 4) is 17.2 Å². The SMILES string of the molecule is CCCC(=O)Nc1ccc(S(=O)(=O)NCCOc2ccc3c(c2)OCO3)cc1. The van der Waals surface area contributed by atoms with Gasteiger partial charge in [-0.15, -0.1) is 0 Å². The molecule has 1 aliphatic heterocycles. The van der Waals surface area contributed by atoms with Gasteiger partial charge in [-0.05, 0) is 42.8 Å². The van der Waals surface area contributed by atoms with Crippen LogP contribution in [0.5, 0.6) is 17.2 Å². The molecule has 0 unspecified atom stereocenters. The van der Waals surface area contributed by atoms with Gasteiger partial charge in [-0.1, -0.05) is 6.92 Å². The van der Waals surface area contributed by atoms with Crippen molar-refractivity contribution in [2.45, 2.75) is 24.7 Å². The lowest BCUT2D eigenvalue weighted by Crippen LogP contribution is -2.28.